The van der Waals surface area contributed by atoms with Crippen LogP contribution in [-0.4, -0.2) is 0 Å². The zero-order valence-corrected chi connectivity index (χ0v) is 9.67. The fourth-order valence-corrected chi connectivity index (χ4v) is 1.93. The number of benzene rings is 1. The fourth-order valence-electron chi connectivity index (χ4n) is 1.32. The molecule has 0 unspecified atom stereocenters. The maximum atomic E-state index is 12.5. The van der Waals surface area contributed by atoms with Crippen LogP contribution >= 0.6 is 15.9 Å². The highest BCUT2D eigenvalue weighted by Gasteiger charge is 2.39. The Bertz CT molecular complexity index is 423. The van der Waals surface area contributed by atoms with Gasteiger partial charge in [0.1, 0.15) is 0 Å². The van der Waals surface area contributed by atoms with Crippen molar-refractivity contribution in [2.24, 2.45) is 0 Å². The zero-order chi connectivity index (χ0) is 13.4. The molecular formula is C9H6BrF6N. The van der Waals surface area contributed by atoms with E-state index in [0.717, 1.165) is 0 Å². The first kappa shape index (κ1) is 14.1. The molecule has 0 aliphatic heterocycles. The van der Waals surface area contributed by atoms with E-state index in [2.05, 4.69) is 15.9 Å². The van der Waals surface area contributed by atoms with Crippen LogP contribution in [0.3, 0.4) is 0 Å². The number of hydrogen-bond donors (Lipinski definition) is 1. The van der Waals surface area contributed by atoms with E-state index in [0.29, 0.717) is 12.1 Å². The van der Waals surface area contributed by atoms with Gasteiger partial charge in [0.15, 0.2) is 0 Å². The average molecular weight is 322 g/mol. The summed E-state index contributed by atoms with van der Waals surface area (Å²) in [6.07, 6.45) is -9.51. The van der Waals surface area contributed by atoms with Crippen LogP contribution in [-0.2, 0) is 17.7 Å². The molecule has 1 aromatic carbocycles. The Balaban J connectivity index is 3.49. The number of alkyl halides is 7. The lowest BCUT2D eigenvalue weighted by molar-refractivity contribution is -0.141. The van der Waals surface area contributed by atoms with Crippen LogP contribution in [0.4, 0.5) is 32.0 Å². The summed E-state index contributed by atoms with van der Waals surface area (Å²) in [5, 5.41) is -0.405. The molecule has 0 aromatic heterocycles. The number of rotatable bonds is 1. The summed E-state index contributed by atoms with van der Waals surface area (Å²) in [6, 6.07) is 0.722. The van der Waals surface area contributed by atoms with Crippen molar-refractivity contribution in [2.75, 3.05) is 5.73 Å². The first-order chi connectivity index (χ1) is 7.59. The molecule has 8 heteroatoms. The van der Waals surface area contributed by atoms with E-state index in [1.54, 1.807) is 0 Å². The molecular weight excluding hydrogens is 316 g/mol. The quantitative estimate of drug-likeness (QED) is 0.468. The SMILES string of the molecule is Nc1c(C(F)(F)F)ccc(C(F)(F)F)c1CBr. The number of nitrogen functional groups attached to an aromatic ring is 1. The van der Waals surface area contributed by atoms with Crippen LogP contribution in [0.15, 0.2) is 12.1 Å². The van der Waals surface area contributed by atoms with Crippen LogP contribution in [0.5, 0.6) is 0 Å². The molecule has 0 aliphatic rings. The van der Waals surface area contributed by atoms with Crippen molar-refractivity contribution in [3.63, 3.8) is 0 Å². The maximum Gasteiger partial charge on any atom is 0.418 e. The van der Waals surface area contributed by atoms with Gasteiger partial charge in [-0.2, -0.15) is 26.3 Å². The molecule has 0 fully saturated rings. The average Bonchev–Trinajstić information content (AvgIpc) is 2.13. The summed E-state index contributed by atoms with van der Waals surface area (Å²) in [5.41, 5.74) is 1.19. The third kappa shape index (κ3) is 2.85. The minimum atomic E-state index is -4.77. The highest BCUT2D eigenvalue weighted by molar-refractivity contribution is 9.08. The van der Waals surface area contributed by atoms with E-state index in [1.807, 2.05) is 0 Å². The van der Waals surface area contributed by atoms with E-state index in [-0.39, 0.29) is 0 Å². The van der Waals surface area contributed by atoms with Crippen LogP contribution < -0.4 is 5.73 Å². The minimum Gasteiger partial charge on any atom is -0.398 e. The second kappa shape index (κ2) is 4.40. The summed E-state index contributed by atoms with van der Waals surface area (Å²) in [7, 11) is 0. The lowest BCUT2D eigenvalue weighted by Crippen LogP contribution is -2.15. The predicted molar refractivity (Wildman–Crippen MR) is 53.5 cm³/mol. The van der Waals surface area contributed by atoms with Gasteiger partial charge < -0.3 is 5.73 Å². The molecule has 1 rings (SSSR count). The molecule has 0 saturated heterocycles. The van der Waals surface area contributed by atoms with Gasteiger partial charge in [-0.3, -0.25) is 0 Å². The molecule has 1 nitrogen and oxygen atoms in total. The molecule has 96 valence electrons. The van der Waals surface area contributed by atoms with E-state index in [4.69, 9.17) is 5.73 Å². The van der Waals surface area contributed by atoms with Crippen LogP contribution in [0.2, 0.25) is 0 Å². The smallest absolute Gasteiger partial charge is 0.398 e. The van der Waals surface area contributed by atoms with Gasteiger partial charge in [0.05, 0.1) is 11.1 Å². The monoisotopic (exact) mass is 321 g/mol. The molecule has 17 heavy (non-hydrogen) atoms. The third-order valence-electron chi connectivity index (χ3n) is 2.10. The van der Waals surface area contributed by atoms with Gasteiger partial charge in [-0.25, -0.2) is 0 Å². The largest absolute Gasteiger partial charge is 0.418 e. The Morgan fingerprint density at radius 3 is 1.71 bits per heavy atom. The van der Waals surface area contributed by atoms with Gasteiger partial charge in [0.25, 0.3) is 0 Å². The number of nitrogens with two attached hydrogens (primary N) is 1. The molecule has 0 bridgehead atoms. The lowest BCUT2D eigenvalue weighted by Gasteiger charge is -2.17. The second-order valence-electron chi connectivity index (χ2n) is 3.18. The number of hydrogen-bond acceptors (Lipinski definition) is 1. The Hall–Kier alpha value is -0.920. The minimum absolute atomic E-state index is 0.338. The van der Waals surface area contributed by atoms with Gasteiger partial charge in [-0.05, 0) is 17.7 Å². The molecule has 0 amide bonds. The molecule has 0 saturated carbocycles. The first-order valence-electron chi connectivity index (χ1n) is 4.20. The Morgan fingerprint density at radius 2 is 1.35 bits per heavy atom. The van der Waals surface area contributed by atoms with Gasteiger partial charge >= 0.3 is 12.4 Å². The standard InChI is InChI=1S/C9H6BrF6N/c10-3-4-5(8(11,12)13)1-2-6(7(4)17)9(14,15)16/h1-2H,3,17H2. The Morgan fingerprint density at radius 1 is 0.941 bits per heavy atom. The summed E-state index contributed by atoms with van der Waals surface area (Å²) in [4.78, 5) is 0. The van der Waals surface area contributed by atoms with E-state index in [9.17, 15) is 26.3 Å². The van der Waals surface area contributed by atoms with E-state index in [1.165, 1.54) is 0 Å². The van der Waals surface area contributed by atoms with Crippen molar-refractivity contribution in [1.82, 2.24) is 0 Å². The topological polar surface area (TPSA) is 26.0 Å². The van der Waals surface area contributed by atoms with Crippen LogP contribution in [0.1, 0.15) is 16.7 Å². The molecule has 0 radical (unpaired) electrons. The van der Waals surface area contributed by atoms with Crippen molar-refractivity contribution in [3.8, 4) is 0 Å². The molecule has 0 heterocycles. The Kier molecular flexibility index (Phi) is 3.66. The molecule has 2 N–H and O–H groups in total. The molecule has 0 aliphatic carbocycles. The summed E-state index contributed by atoms with van der Waals surface area (Å²) in [5.74, 6) is 0. The van der Waals surface area contributed by atoms with E-state index < -0.39 is 40.1 Å². The zero-order valence-electron chi connectivity index (χ0n) is 8.08. The number of halogens is 7. The molecule has 0 atom stereocenters. The second-order valence-corrected chi connectivity index (χ2v) is 3.74. The maximum absolute atomic E-state index is 12.5. The molecule has 1 aromatic rings. The van der Waals surface area contributed by atoms with Crippen LogP contribution in [0, 0.1) is 0 Å². The Labute approximate surface area is 101 Å². The van der Waals surface area contributed by atoms with Crippen molar-refractivity contribution >= 4 is 21.6 Å². The highest BCUT2D eigenvalue weighted by atomic mass is 79.9. The van der Waals surface area contributed by atoms with Gasteiger partial charge in [-0.1, -0.05) is 15.9 Å². The summed E-state index contributed by atoms with van der Waals surface area (Å²) in [6.45, 7) is 0. The molecule has 0 spiro atoms. The number of anilines is 1. The van der Waals surface area contributed by atoms with Crippen LogP contribution in [0.25, 0.3) is 0 Å². The van der Waals surface area contributed by atoms with Gasteiger partial charge in [-0.15, -0.1) is 0 Å². The van der Waals surface area contributed by atoms with Crippen molar-refractivity contribution in [3.05, 3.63) is 28.8 Å². The van der Waals surface area contributed by atoms with Crippen molar-refractivity contribution < 1.29 is 26.3 Å². The van der Waals surface area contributed by atoms with Crippen molar-refractivity contribution in [2.45, 2.75) is 17.7 Å². The fraction of sp³-hybridized carbons (Fsp3) is 0.333. The van der Waals surface area contributed by atoms with Crippen molar-refractivity contribution in [1.29, 1.82) is 0 Å². The summed E-state index contributed by atoms with van der Waals surface area (Å²) >= 11 is 2.71. The normalized spacial score (nSPS) is 12.9. The lowest BCUT2D eigenvalue weighted by atomic mass is 10.0. The van der Waals surface area contributed by atoms with E-state index >= 15 is 0 Å². The highest BCUT2D eigenvalue weighted by Crippen LogP contribution is 2.41. The first-order valence-corrected chi connectivity index (χ1v) is 5.33. The predicted octanol–water partition coefficient (Wildman–Crippen LogP) is 4.20. The van der Waals surface area contributed by atoms with Gasteiger partial charge in [0.2, 0.25) is 0 Å². The summed E-state index contributed by atoms with van der Waals surface area (Å²) < 4.78 is 74.7. The third-order valence-corrected chi connectivity index (χ3v) is 2.66. The van der Waals surface area contributed by atoms with Gasteiger partial charge in [0, 0.05) is 11.0 Å².